The fourth-order valence-corrected chi connectivity index (χ4v) is 1.33. The lowest BCUT2D eigenvalue weighted by molar-refractivity contribution is 0.111. The van der Waals surface area contributed by atoms with Gasteiger partial charge in [0.25, 0.3) is 0 Å². The molecule has 1 atom stereocenters. The minimum atomic E-state index is 0.0153. The van der Waals surface area contributed by atoms with Crippen molar-refractivity contribution >= 4 is 0 Å². The maximum absolute atomic E-state index is 5.46. The minimum absolute atomic E-state index is 0.0153. The second-order valence-electron chi connectivity index (χ2n) is 2.96. The van der Waals surface area contributed by atoms with Crippen molar-refractivity contribution < 1.29 is 4.74 Å². The molecule has 13 heavy (non-hydrogen) atoms. The Morgan fingerprint density at radius 2 is 2.31 bits per heavy atom. The standard InChI is InChI=1S/C8H16N4O/c1-6(13-3)8-7(4-5-9)10-11-12(8)2/h6H,4-5,9H2,1-3H3. The van der Waals surface area contributed by atoms with Crippen molar-refractivity contribution in [2.24, 2.45) is 12.8 Å². The summed E-state index contributed by atoms with van der Waals surface area (Å²) in [7, 11) is 3.53. The van der Waals surface area contributed by atoms with Crippen molar-refractivity contribution in [3.8, 4) is 0 Å². The highest BCUT2D eigenvalue weighted by molar-refractivity contribution is 5.13. The van der Waals surface area contributed by atoms with Gasteiger partial charge in [0, 0.05) is 20.6 Å². The number of rotatable bonds is 4. The normalized spacial score (nSPS) is 13.2. The Kier molecular flexibility index (Phi) is 3.39. The Bertz CT molecular complexity index is 271. The first kappa shape index (κ1) is 10.1. The van der Waals surface area contributed by atoms with E-state index in [1.54, 1.807) is 11.8 Å². The fourth-order valence-electron chi connectivity index (χ4n) is 1.33. The Balaban J connectivity index is 2.93. The van der Waals surface area contributed by atoms with E-state index in [0.29, 0.717) is 6.54 Å². The molecule has 1 aromatic rings. The smallest absolute Gasteiger partial charge is 0.0978 e. The Morgan fingerprint density at radius 3 is 2.85 bits per heavy atom. The van der Waals surface area contributed by atoms with Crippen molar-refractivity contribution in [1.82, 2.24) is 15.0 Å². The van der Waals surface area contributed by atoms with Crippen LogP contribution in [-0.4, -0.2) is 28.6 Å². The van der Waals surface area contributed by atoms with E-state index in [2.05, 4.69) is 10.3 Å². The molecule has 0 amide bonds. The number of methoxy groups -OCH3 is 1. The fraction of sp³-hybridized carbons (Fsp3) is 0.750. The summed E-state index contributed by atoms with van der Waals surface area (Å²) in [5.74, 6) is 0. The molecule has 0 spiro atoms. The van der Waals surface area contributed by atoms with Crippen LogP contribution < -0.4 is 5.73 Å². The highest BCUT2D eigenvalue weighted by Gasteiger charge is 2.15. The van der Waals surface area contributed by atoms with Crippen LogP contribution in [0, 0.1) is 0 Å². The van der Waals surface area contributed by atoms with E-state index in [9.17, 15) is 0 Å². The van der Waals surface area contributed by atoms with Crippen LogP contribution in [0.5, 0.6) is 0 Å². The molecule has 0 radical (unpaired) electrons. The van der Waals surface area contributed by atoms with Crippen LogP contribution in [0.15, 0.2) is 0 Å². The first-order valence-electron chi connectivity index (χ1n) is 4.32. The molecule has 0 bridgehead atoms. The van der Waals surface area contributed by atoms with Gasteiger partial charge >= 0.3 is 0 Å². The van der Waals surface area contributed by atoms with Gasteiger partial charge in [-0.1, -0.05) is 5.21 Å². The Labute approximate surface area is 77.9 Å². The molecule has 0 aliphatic carbocycles. The van der Waals surface area contributed by atoms with Crippen LogP contribution in [0.4, 0.5) is 0 Å². The third kappa shape index (κ3) is 2.05. The molecule has 0 fully saturated rings. The van der Waals surface area contributed by atoms with E-state index >= 15 is 0 Å². The summed E-state index contributed by atoms with van der Waals surface area (Å²) in [6, 6.07) is 0. The van der Waals surface area contributed by atoms with Crippen LogP contribution >= 0.6 is 0 Å². The number of aromatic nitrogens is 3. The summed E-state index contributed by atoms with van der Waals surface area (Å²) >= 11 is 0. The number of ether oxygens (including phenoxy) is 1. The van der Waals surface area contributed by atoms with Gasteiger partial charge in [-0.3, -0.25) is 0 Å². The molecule has 1 unspecified atom stereocenters. The Morgan fingerprint density at radius 1 is 1.62 bits per heavy atom. The van der Waals surface area contributed by atoms with Gasteiger partial charge in [0.05, 0.1) is 17.5 Å². The monoisotopic (exact) mass is 184 g/mol. The molecule has 0 aliphatic heterocycles. The van der Waals surface area contributed by atoms with Crippen molar-refractivity contribution in [3.63, 3.8) is 0 Å². The third-order valence-corrected chi connectivity index (χ3v) is 2.06. The molecule has 1 aromatic heterocycles. The number of hydrogen-bond acceptors (Lipinski definition) is 4. The van der Waals surface area contributed by atoms with Gasteiger partial charge in [-0.15, -0.1) is 5.10 Å². The lowest BCUT2D eigenvalue weighted by Gasteiger charge is -2.10. The van der Waals surface area contributed by atoms with E-state index < -0.39 is 0 Å². The van der Waals surface area contributed by atoms with Crippen molar-refractivity contribution in [2.75, 3.05) is 13.7 Å². The van der Waals surface area contributed by atoms with Crippen LogP contribution in [0.1, 0.15) is 24.4 Å². The molecule has 0 saturated heterocycles. The molecule has 1 heterocycles. The zero-order valence-electron chi connectivity index (χ0n) is 8.32. The third-order valence-electron chi connectivity index (χ3n) is 2.06. The highest BCUT2D eigenvalue weighted by atomic mass is 16.5. The first-order chi connectivity index (χ1) is 6.20. The molecular weight excluding hydrogens is 168 g/mol. The predicted octanol–water partition coefficient (Wildman–Crippen LogP) is 0.0237. The van der Waals surface area contributed by atoms with E-state index in [1.807, 2.05) is 14.0 Å². The zero-order chi connectivity index (χ0) is 9.84. The molecule has 5 heteroatoms. The Hall–Kier alpha value is -0.940. The van der Waals surface area contributed by atoms with Crippen molar-refractivity contribution in [1.29, 1.82) is 0 Å². The second-order valence-corrected chi connectivity index (χ2v) is 2.96. The predicted molar refractivity (Wildman–Crippen MR) is 49.2 cm³/mol. The lowest BCUT2D eigenvalue weighted by atomic mass is 10.2. The van der Waals surface area contributed by atoms with Gasteiger partial charge in [0.15, 0.2) is 0 Å². The van der Waals surface area contributed by atoms with Crippen LogP contribution in [-0.2, 0) is 18.2 Å². The average Bonchev–Trinajstić information content (AvgIpc) is 2.47. The van der Waals surface area contributed by atoms with Gasteiger partial charge < -0.3 is 10.5 Å². The van der Waals surface area contributed by atoms with E-state index in [4.69, 9.17) is 10.5 Å². The van der Waals surface area contributed by atoms with Gasteiger partial charge in [-0.25, -0.2) is 4.68 Å². The van der Waals surface area contributed by atoms with E-state index in [0.717, 1.165) is 17.8 Å². The number of aryl methyl sites for hydroxylation is 1. The minimum Gasteiger partial charge on any atom is -0.375 e. The molecule has 2 N–H and O–H groups in total. The second kappa shape index (κ2) is 4.34. The van der Waals surface area contributed by atoms with E-state index in [1.165, 1.54) is 0 Å². The van der Waals surface area contributed by atoms with E-state index in [-0.39, 0.29) is 6.10 Å². The van der Waals surface area contributed by atoms with Gasteiger partial charge in [0.1, 0.15) is 0 Å². The summed E-state index contributed by atoms with van der Waals surface area (Å²) < 4.78 is 6.96. The molecule has 5 nitrogen and oxygen atoms in total. The molecular formula is C8H16N4O. The molecule has 1 rings (SSSR count). The maximum Gasteiger partial charge on any atom is 0.0978 e. The lowest BCUT2D eigenvalue weighted by Crippen LogP contribution is -2.10. The van der Waals surface area contributed by atoms with Crippen LogP contribution in [0.25, 0.3) is 0 Å². The quantitative estimate of drug-likeness (QED) is 0.716. The summed E-state index contributed by atoms with van der Waals surface area (Å²) in [5.41, 5.74) is 7.40. The summed E-state index contributed by atoms with van der Waals surface area (Å²) in [6.07, 6.45) is 0.762. The first-order valence-corrected chi connectivity index (χ1v) is 4.32. The van der Waals surface area contributed by atoms with Gasteiger partial charge in [0.2, 0.25) is 0 Å². The topological polar surface area (TPSA) is 66.0 Å². The van der Waals surface area contributed by atoms with Gasteiger partial charge in [-0.05, 0) is 13.5 Å². The molecule has 74 valence electrons. The summed E-state index contributed by atoms with van der Waals surface area (Å²) in [6.45, 7) is 2.56. The number of nitrogens with two attached hydrogens (primary N) is 1. The summed E-state index contributed by atoms with van der Waals surface area (Å²) in [5, 5.41) is 7.96. The largest absolute Gasteiger partial charge is 0.375 e. The van der Waals surface area contributed by atoms with Crippen LogP contribution in [0.2, 0.25) is 0 Å². The summed E-state index contributed by atoms with van der Waals surface area (Å²) in [4.78, 5) is 0. The van der Waals surface area contributed by atoms with Crippen LogP contribution in [0.3, 0.4) is 0 Å². The maximum atomic E-state index is 5.46. The highest BCUT2D eigenvalue weighted by Crippen LogP contribution is 2.17. The molecule has 0 aliphatic rings. The molecule has 0 aromatic carbocycles. The SMILES string of the molecule is COC(C)c1c(CCN)nnn1C. The molecule has 0 saturated carbocycles. The van der Waals surface area contributed by atoms with Crippen molar-refractivity contribution in [3.05, 3.63) is 11.4 Å². The van der Waals surface area contributed by atoms with Crippen molar-refractivity contribution in [2.45, 2.75) is 19.4 Å². The van der Waals surface area contributed by atoms with Gasteiger partial charge in [-0.2, -0.15) is 0 Å². The number of nitrogens with zero attached hydrogens (tertiary/aromatic N) is 3. The number of hydrogen-bond donors (Lipinski definition) is 1. The zero-order valence-corrected chi connectivity index (χ0v) is 8.32. The average molecular weight is 184 g/mol.